The molecule has 0 spiro atoms. The van der Waals surface area contributed by atoms with Crippen LogP contribution in [-0.4, -0.2) is 30.9 Å². The molecule has 7 nitrogen and oxygen atoms in total. The van der Waals surface area contributed by atoms with Gasteiger partial charge in [-0.25, -0.2) is 9.67 Å². The first-order chi connectivity index (χ1) is 10.0. The van der Waals surface area contributed by atoms with E-state index in [0.717, 1.165) is 16.0 Å². The normalized spacial score (nSPS) is 11.2. The molecule has 0 fully saturated rings. The highest BCUT2D eigenvalue weighted by molar-refractivity contribution is 7.15. The molecule has 0 aliphatic carbocycles. The first-order valence-corrected chi connectivity index (χ1v) is 7.31. The lowest BCUT2D eigenvalue weighted by Gasteiger charge is -2.06. The number of aromatic nitrogens is 5. The Hall–Kier alpha value is -2.35. The van der Waals surface area contributed by atoms with Crippen molar-refractivity contribution in [3.8, 4) is 0 Å². The van der Waals surface area contributed by atoms with E-state index in [2.05, 4.69) is 25.6 Å². The molecule has 0 atom stereocenters. The fourth-order valence-corrected chi connectivity index (χ4v) is 2.55. The number of hydrogen-bond donors (Lipinski definition) is 1. The second-order valence-electron chi connectivity index (χ2n) is 4.90. The molecule has 0 saturated heterocycles. The molecule has 3 aromatic heterocycles. The van der Waals surface area contributed by atoms with Gasteiger partial charge in [0.2, 0.25) is 5.13 Å². The van der Waals surface area contributed by atoms with Crippen molar-refractivity contribution in [1.82, 2.24) is 25.0 Å². The van der Waals surface area contributed by atoms with Crippen molar-refractivity contribution in [2.24, 2.45) is 0 Å². The quantitative estimate of drug-likeness (QED) is 0.803. The Balaban J connectivity index is 1.88. The molecule has 0 radical (unpaired) electrons. The van der Waals surface area contributed by atoms with E-state index in [9.17, 15) is 4.79 Å². The number of carbonyl (C=O) groups excluding carboxylic acids is 1. The van der Waals surface area contributed by atoms with Gasteiger partial charge in [0, 0.05) is 17.6 Å². The summed E-state index contributed by atoms with van der Waals surface area (Å²) in [6.45, 7) is 5.90. The number of amides is 1. The molecule has 1 N–H and O–H groups in total. The zero-order valence-corrected chi connectivity index (χ0v) is 12.7. The molecule has 8 heteroatoms. The molecule has 0 aromatic carbocycles. The van der Waals surface area contributed by atoms with Crippen LogP contribution in [0.25, 0.3) is 11.0 Å². The van der Waals surface area contributed by atoms with Crippen molar-refractivity contribution >= 4 is 33.4 Å². The van der Waals surface area contributed by atoms with Crippen LogP contribution in [0, 0.1) is 6.92 Å². The van der Waals surface area contributed by atoms with Crippen LogP contribution in [0.3, 0.4) is 0 Å². The van der Waals surface area contributed by atoms with Crippen LogP contribution in [0.2, 0.25) is 0 Å². The molecule has 3 rings (SSSR count). The van der Waals surface area contributed by atoms with E-state index in [1.54, 1.807) is 18.5 Å². The molecule has 0 unspecified atom stereocenters. The van der Waals surface area contributed by atoms with Crippen molar-refractivity contribution in [2.45, 2.75) is 26.8 Å². The summed E-state index contributed by atoms with van der Waals surface area (Å²) >= 11 is 1.33. The monoisotopic (exact) mass is 302 g/mol. The lowest BCUT2D eigenvalue weighted by molar-refractivity contribution is 0.102. The van der Waals surface area contributed by atoms with Gasteiger partial charge in [-0.1, -0.05) is 11.3 Å². The fourth-order valence-electron chi connectivity index (χ4n) is 1.96. The predicted molar refractivity (Wildman–Crippen MR) is 80.5 cm³/mol. The van der Waals surface area contributed by atoms with E-state index in [0.29, 0.717) is 10.7 Å². The van der Waals surface area contributed by atoms with Gasteiger partial charge in [-0.3, -0.25) is 10.1 Å². The summed E-state index contributed by atoms with van der Waals surface area (Å²) in [4.78, 5) is 16.5. The van der Waals surface area contributed by atoms with Gasteiger partial charge in [0.05, 0.1) is 11.8 Å². The van der Waals surface area contributed by atoms with E-state index < -0.39 is 0 Å². The third kappa shape index (κ3) is 2.62. The predicted octanol–water partition coefficient (Wildman–Crippen LogP) is 2.42. The Kier molecular flexibility index (Phi) is 3.38. The highest BCUT2D eigenvalue weighted by atomic mass is 32.1. The summed E-state index contributed by atoms with van der Waals surface area (Å²) in [7, 11) is 0. The van der Waals surface area contributed by atoms with Crippen LogP contribution in [-0.2, 0) is 0 Å². The van der Waals surface area contributed by atoms with Crippen LogP contribution in [0.15, 0.2) is 18.5 Å². The van der Waals surface area contributed by atoms with Crippen molar-refractivity contribution in [3.63, 3.8) is 0 Å². The zero-order valence-electron chi connectivity index (χ0n) is 11.9. The number of nitrogens with one attached hydrogen (secondary N) is 1. The number of rotatable bonds is 3. The standard InChI is InChI=1S/C13H14N6OS/c1-7(2)19-11-9(6-15-19)4-10(5-14-11)12(20)16-13-18-17-8(3)21-13/h4-7H,1-3H3,(H,16,18,20). The first kappa shape index (κ1) is 13.6. The van der Waals surface area contributed by atoms with Gasteiger partial charge in [-0.15, -0.1) is 10.2 Å². The number of carbonyl (C=O) groups is 1. The molecule has 3 aromatic rings. The summed E-state index contributed by atoms with van der Waals surface area (Å²) in [5.41, 5.74) is 1.24. The molecular weight excluding hydrogens is 288 g/mol. The fraction of sp³-hybridized carbons (Fsp3) is 0.308. The average molecular weight is 302 g/mol. The number of fused-ring (bicyclic) bond motifs is 1. The minimum Gasteiger partial charge on any atom is -0.296 e. The van der Waals surface area contributed by atoms with E-state index in [4.69, 9.17) is 0 Å². The van der Waals surface area contributed by atoms with Gasteiger partial charge in [0.15, 0.2) is 5.65 Å². The lowest BCUT2D eigenvalue weighted by atomic mass is 10.2. The van der Waals surface area contributed by atoms with Gasteiger partial charge in [0.1, 0.15) is 5.01 Å². The molecule has 0 aliphatic heterocycles. The Labute approximate surface area is 125 Å². The summed E-state index contributed by atoms with van der Waals surface area (Å²) in [6.07, 6.45) is 3.26. The second-order valence-corrected chi connectivity index (χ2v) is 6.08. The zero-order chi connectivity index (χ0) is 15.0. The van der Waals surface area contributed by atoms with Crippen molar-refractivity contribution in [1.29, 1.82) is 0 Å². The van der Waals surface area contributed by atoms with Crippen LogP contribution >= 0.6 is 11.3 Å². The molecule has 3 heterocycles. The van der Waals surface area contributed by atoms with Gasteiger partial charge in [-0.05, 0) is 26.8 Å². The van der Waals surface area contributed by atoms with Gasteiger partial charge in [0.25, 0.3) is 5.91 Å². The summed E-state index contributed by atoms with van der Waals surface area (Å²) in [6, 6.07) is 2.00. The van der Waals surface area contributed by atoms with E-state index in [-0.39, 0.29) is 11.9 Å². The van der Waals surface area contributed by atoms with Crippen LogP contribution in [0.5, 0.6) is 0 Å². The van der Waals surface area contributed by atoms with E-state index >= 15 is 0 Å². The third-order valence-corrected chi connectivity index (χ3v) is 3.69. The maximum Gasteiger partial charge on any atom is 0.259 e. The van der Waals surface area contributed by atoms with Gasteiger partial charge < -0.3 is 0 Å². The third-order valence-electron chi connectivity index (χ3n) is 2.93. The maximum absolute atomic E-state index is 12.2. The minimum absolute atomic E-state index is 0.221. The maximum atomic E-state index is 12.2. The Bertz CT molecular complexity index is 806. The largest absolute Gasteiger partial charge is 0.296 e. The Morgan fingerprint density at radius 1 is 1.33 bits per heavy atom. The minimum atomic E-state index is -0.252. The molecule has 0 bridgehead atoms. The average Bonchev–Trinajstić information content (AvgIpc) is 3.04. The van der Waals surface area contributed by atoms with Crippen LogP contribution < -0.4 is 5.32 Å². The van der Waals surface area contributed by atoms with Gasteiger partial charge >= 0.3 is 0 Å². The number of nitrogens with zero attached hydrogens (tertiary/aromatic N) is 5. The molecule has 1 amide bonds. The number of pyridine rings is 1. The molecular formula is C13H14N6OS. The number of hydrogen-bond acceptors (Lipinski definition) is 6. The summed E-state index contributed by atoms with van der Waals surface area (Å²) in [5.74, 6) is -0.252. The van der Waals surface area contributed by atoms with Gasteiger partial charge in [-0.2, -0.15) is 5.10 Å². The smallest absolute Gasteiger partial charge is 0.259 e. The summed E-state index contributed by atoms with van der Waals surface area (Å²) in [5, 5.41) is 16.9. The van der Waals surface area contributed by atoms with Crippen molar-refractivity contribution < 1.29 is 4.79 Å². The van der Waals surface area contributed by atoms with Crippen molar-refractivity contribution in [2.75, 3.05) is 5.32 Å². The van der Waals surface area contributed by atoms with Crippen molar-refractivity contribution in [3.05, 3.63) is 29.0 Å². The first-order valence-electron chi connectivity index (χ1n) is 6.49. The lowest BCUT2D eigenvalue weighted by Crippen LogP contribution is -2.12. The molecule has 108 valence electrons. The highest BCUT2D eigenvalue weighted by Gasteiger charge is 2.13. The second kappa shape index (κ2) is 5.21. The Morgan fingerprint density at radius 3 is 2.81 bits per heavy atom. The Morgan fingerprint density at radius 2 is 2.14 bits per heavy atom. The number of aryl methyl sites for hydroxylation is 1. The van der Waals surface area contributed by atoms with E-state index in [1.807, 2.05) is 25.5 Å². The molecule has 21 heavy (non-hydrogen) atoms. The SMILES string of the molecule is Cc1nnc(NC(=O)c2cnc3c(cnn3C(C)C)c2)s1. The highest BCUT2D eigenvalue weighted by Crippen LogP contribution is 2.18. The molecule has 0 saturated carbocycles. The number of anilines is 1. The van der Waals surface area contributed by atoms with E-state index in [1.165, 1.54) is 11.3 Å². The summed E-state index contributed by atoms with van der Waals surface area (Å²) < 4.78 is 1.82. The van der Waals surface area contributed by atoms with Crippen LogP contribution in [0.1, 0.15) is 35.3 Å². The van der Waals surface area contributed by atoms with Crippen LogP contribution in [0.4, 0.5) is 5.13 Å². The molecule has 0 aliphatic rings. The topological polar surface area (TPSA) is 85.6 Å².